The van der Waals surface area contributed by atoms with Gasteiger partial charge in [0.25, 0.3) is 0 Å². The molecule has 94 valence electrons. The molecule has 1 unspecified atom stereocenters. The van der Waals surface area contributed by atoms with Crippen LogP contribution in [-0.4, -0.2) is 47.3 Å². The van der Waals surface area contributed by atoms with Crippen LogP contribution in [0.1, 0.15) is 24.3 Å². The number of carboxylic acids is 1. The Labute approximate surface area is 100 Å². The number of carbonyl (C=O) groups is 1. The minimum atomic E-state index is -1.05. The third-order valence-electron chi connectivity index (χ3n) is 2.40. The van der Waals surface area contributed by atoms with Crippen LogP contribution >= 0.6 is 0 Å². The molecule has 0 aliphatic heterocycles. The number of nitrogens with zero attached hydrogens (tertiary/aromatic N) is 3. The van der Waals surface area contributed by atoms with Gasteiger partial charge in [0.15, 0.2) is 5.69 Å². The lowest BCUT2D eigenvalue weighted by molar-refractivity contribution is 0.0690. The predicted molar refractivity (Wildman–Crippen MR) is 63.3 cm³/mol. The van der Waals surface area contributed by atoms with Crippen LogP contribution in [0.5, 0.6) is 0 Å². The van der Waals surface area contributed by atoms with Crippen LogP contribution in [0, 0.1) is 0 Å². The fourth-order valence-electron chi connectivity index (χ4n) is 1.59. The van der Waals surface area contributed by atoms with E-state index >= 15 is 0 Å². The van der Waals surface area contributed by atoms with E-state index in [0.29, 0.717) is 19.1 Å². The Hall–Kier alpha value is -1.69. The number of hydrogen-bond donors (Lipinski definition) is 1. The van der Waals surface area contributed by atoms with Crippen molar-refractivity contribution < 1.29 is 14.6 Å². The Balaban J connectivity index is 2.95. The number of likely N-dealkylation sites (N-methyl/N-ethyl adjacent to an activating group) is 1. The van der Waals surface area contributed by atoms with E-state index in [4.69, 9.17) is 9.84 Å². The molecule has 0 saturated heterocycles. The fourth-order valence-corrected chi connectivity index (χ4v) is 1.59. The standard InChI is InChI=1S/C11H17N3O3/c1-4-14(8(2)7-17-3)11-12-6-5-9(13-11)10(15)16/h5-6,8H,4,7H2,1-3H3,(H,15,16). The second kappa shape index (κ2) is 6.15. The molecule has 17 heavy (non-hydrogen) atoms. The topological polar surface area (TPSA) is 75.6 Å². The third-order valence-corrected chi connectivity index (χ3v) is 2.40. The number of methoxy groups -OCH3 is 1. The molecule has 0 spiro atoms. The zero-order chi connectivity index (χ0) is 12.8. The van der Waals surface area contributed by atoms with Gasteiger partial charge in [-0.25, -0.2) is 14.8 Å². The number of hydrogen-bond acceptors (Lipinski definition) is 5. The van der Waals surface area contributed by atoms with Gasteiger partial charge in [0, 0.05) is 19.9 Å². The molecule has 1 aromatic heterocycles. The highest BCUT2D eigenvalue weighted by atomic mass is 16.5. The first-order chi connectivity index (χ1) is 8.10. The molecule has 1 heterocycles. The summed E-state index contributed by atoms with van der Waals surface area (Å²) in [4.78, 5) is 20.8. The maximum absolute atomic E-state index is 10.8. The first kappa shape index (κ1) is 13.4. The number of aromatic carboxylic acids is 1. The third kappa shape index (κ3) is 3.39. The molecule has 0 radical (unpaired) electrons. The second-order valence-corrected chi connectivity index (χ2v) is 3.64. The molecule has 0 amide bonds. The molecule has 0 bridgehead atoms. The van der Waals surface area contributed by atoms with Gasteiger partial charge in [-0.1, -0.05) is 0 Å². The minimum Gasteiger partial charge on any atom is -0.477 e. The molecule has 1 atom stereocenters. The Kier molecular flexibility index (Phi) is 4.84. The summed E-state index contributed by atoms with van der Waals surface area (Å²) in [5, 5.41) is 8.87. The monoisotopic (exact) mass is 239 g/mol. The van der Waals surface area contributed by atoms with Crippen molar-refractivity contribution in [1.29, 1.82) is 0 Å². The van der Waals surface area contributed by atoms with E-state index < -0.39 is 5.97 Å². The van der Waals surface area contributed by atoms with Gasteiger partial charge >= 0.3 is 5.97 Å². The van der Waals surface area contributed by atoms with Crippen molar-refractivity contribution in [2.24, 2.45) is 0 Å². The van der Waals surface area contributed by atoms with Gasteiger partial charge in [-0.3, -0.25) is 0 Å². The number of rotatable bonds is 6. The van der Waals surface area contributed by atoms with Gasteiger partial charge < -0.3 is 14.7 Å². The lowest BCUT2D eigenvalue weighted by Crippen LogP contribution is -2.37. The van der Waals surface area contributed by atoms with Crippen LogP contribution in [0.25, 0.3) is 0 Å². The van der Waals surface area contributed by atoms with Crippen LogP contribution in [-0.2, 0) is 4.74 Å². The molecular weight excluding hydrogens is 222 g/mol. The van der Waals surface area contributed by atoms with Crippen molar-refractivity contribution in [3.63, 3.8) is 0 Å². The van der Waals surface area contributed by atoms with Gasteiger partial charge in [0.1, 0.15) is 0 Å². The van der Waals surface area contributed by atoms with Gasteiger partial charge in [0.05, 0.1) is 12.6 Å². The zero-order valence-electron chi connectivity index (χ0n) is 10.3. The normalized spacial score (nSPS) is 12.2. The van der Waals surface area contributed by atoms with E-state index in [2.05, 4.69) is 9.97 Å². The summed E-state index contributed by atoms with van der Waals surface area (Å²) < 4.78 is 5.07. The highest BCUT2D eigenvalue weighted by Gasteiger charge is 2.16. The van der Waals surface area contributed by atoms with Crippen LogP contribution in [0.4, 0.5) is 5.95 Å². The highest BCUT2D eigenvalue weighted by Crippen LogP contribution is 2.11. The van der Waals surface area contributed by atoms with Crippen LogP contribution < -0.4 is 4.90 Å². The molecule has 1 N–H and O–H groups in total. The van der Waals surface area contributed by atoms with E-state index in [1.165, 1.54) is 12.3 Å². The highest BCUT2D eigenvalue weighted by molar-refractivity contribution is 5.85. The van der Waals surface area contributed by atoms with Crippen LogP contribution in [0.3, 0.4) is 0 Å². The Morgan fingerprint density at radius 2 is 2.35 bits per heavy atom. The average Bonchev–Trinajstić information content (AvgIpc) is 2.30. The molecule has 0 fully saturated rings. The Morgan fingerprint density at radius 1 is 1.65 bits per heavy atom. The van der Waals surface area contributed by atoms with Crippen molar-refractivity contribution in [1.82, 2.24) is 9.97 Å². The van der Waals surface area contributed by atoms with Crippen LogP contribution in [0.2, 0.25) is 0 Å². The number of carboxylic acid groups (broad SMARTS) is 1. The molecule has 1 rings (SSSR count). The molecular formula is C11H17N3O3. The summed E-state index contributed by atoms with van der Waals surface area (Å²) in [6.45, 7) is 5.16. The second-order valence-electron chi connectivity index (χ2n) is 3.64. The summed E-state index contributed by atoms with van der Waals surface area (Å²) >= 11 is 0. The van der Waals surface area contributed by atoms with E-state index in [-0.39, 0.29) is 11.7 Å². The van der Waals surface area contributed by atoms with Gasteiger partial charge in [-0.05, 0) is 19.9 Å². The molecule has 0 saturated carbocycles. The van der Waals surface area contributed by atoms with Gasteiger partial charge in [-0.2, -0.15) is 0 Å². The largest absolute Gasteiger partial charge is 0.477 e. The molecule has 0 aliphatic rings. The summed E-state index contributed by atoms with van der Waals surface area (Å²) in [7, 11) is 1.62. The molecule has 6 nitrogen and oxygen atoms in total. The zero-order valence-corrected chi connectivity index (χ0v) is 10.3. The number of ether oxygens (including phenoxy) is 1. The summed E-state index contributed by atoms with van der Waals surface area (Å²) in [5.41, 5.74) is -0.00179. The van der Waals surface area contributed by atoms with Crippen molar-refractivity contribution in [2.45, 2.75) is 19.9 Å². The maximum atomic E-state index is 10.8. The van der Waals surface area contributed by atoms with Crippen molar-refractivity contribution in [2.75, 3.05) is 25.2 Å². The van der Waals surface area contributed by atoms with Gasteiger partial charge in [0.2, 0.25) is 5.95 Å². The quantitative estimate of drug-likeness (QED) is 0.799. The van der Waals surface area contributed by atoms with Crippen LogP contribution in [0.15, 0.2) is 12.3 Å². The molecule has 0 aromatic carbocycles. The summed E-state index contributed by atoms with van der Waals surface area (Å²) in [6, 6.07) is 1.47. The molecule has 1 aromatic rings. The smallest absolute Gasteiger partial charge is 0.354 e. The first-order valence-electron chi connectivity index (χ1n) is 5.42. The number of aromatic nitrogens is 2. The summed E-state index contributed by atoms with van der Waals surface area (Å²) in [5.74, 6) is -0.638. The lowest BCUT2D eigenvalue weighted by Gasteiger charge is -2.27. The maximum Gasteiger partial charge on any atom is 0.354 e. The predicted octanol–water partition coefficient (Wildman–Crippen LogP) is 1.04. The first-order valence-corrected chi connectivity index (χ1v) is 5.42. The molecule has 0 aliphatic carbocycles. The number of anilines is 1. The summed E-state index contributed by atoms with van der Waals surface area (Å²) in [6.07, 6.45) is 1.45. The Bertz CT molecular complexity index is 384. The van der Waals surface area contributed by atoms with Gasteiger partial charge in [-0.15, -0.1) is 0 Å². The van der Waals surface area contributed by atoms with Crippen molar-refractivity contribution >= 4 is 11.9 Å². The van der Waals surface area contributed by atoms with E-state index in [0.717, 1.165) is 0 Å². The fraction of sp³-hybridized carbons (Fsp3) is 0.545. The van der Waals surface area contributed by atoms with E-state index in [1.54, 1.807) is 7.11 Å². The Morgan fingerprint density at radius 3 is 2.88 bits per heavy atom. The van der Waals surface area contributed by atoms with E-state index in [1.807, 2.05) is 18.7 Å². The lowest BCUT2D eigenvalue weighted by atomic mass is 10.3. The average molecular weight is 239 g/mol. The van der Waals surface area contributed by atoms with Crippen molar-refractivity contribution in [3.05, 3.63) is 18.0 Å². The van der Waals surface area contributed by atoms with E-state index in [9.17, 15) is 4.79 Å². The minimum absolute atomic E-state index is 0.00179. The SMILES string of the molecule is CCN(c1nccc(C(=O)O)n1)C(C)COC. The van der Waals surface area contributed by atoms with Crippen molar-refractivity contribution in [3.8, 4) is 0 Å². The molecule has 6 heteroatoms.